The third kappa shape index (κ3) is 2.57. The summed E-state index contributed by atoms with van der Waals surface area (Å²) in [6.07, 6.45) is 5.26. The van der Waals surface area contributed by atoms with Crippen molar-refractivity contribution in [2.75, 3.05) is 6.54 Å². The Hall–Kier alpha value is -2.40. The predicted octanol–water partition coefficient (Wildman–Crippen LogP) is 3.59. The Kier molecular flexibility index (Phi) is 3.50. The second kappa shape index (κ2) is 5.66. The van der Waals surface area contributed by atoms with E-state index in [2.05, 4.69) is 15.2 Å². The van der Waals surface area contributed by atoms with Gasteiger partial charge in [0.05, 0.1) is 17.8 Å². The minimum absolute atomic E-state index is 0.0121. The maximum Gasteiger partial charge on any atom is 0.255 e. The molecular formula is C17H15ClN4O. The number of hydrogen-bond donors (Lipinski definition) is 1. The molecule has 0 spiro atoms. The number of aromatic nitrogens is 3. The van der Waals surface area contributed by atoms with E-state index in [1.165, 1.54) is 0 Å². The van der Waals surface area contributed by atoms with E-state index in [1.807, 2.05) is 35.2 Å². The van der Waals surface area contributed by atoms with Crippen molar-refractivity contribution in [2.24, 2.45) is 0 Å². The van der Waals surface area contributed by atoms with E-state index in [0.29, 0.717) is 16.2 Å². The third-order valence-corrected chi connectivity index (χ3v) is 4.56. The molecule has 1 fully saturated rings. The monoisotopic (exact) mass is 326 g/mol. The molecule has 1 aromatic carbocycles. The van der Waals surface area contributed by atoms with E-state index in [4.69, 9.17) is 11.6 Å². The molecular weight excluding hydrogens is 312 g/mol. The lowest BCUT2D eigenvalue weighted by Crippen LogP contribution is -2.30. The van der Waals surface area contributed by atoms with Crippen LogP contribution in [0.5, 0.6) is 0 Å². The number of nitrogens with zero attached hydrogens (tertiary/aromatic N) is 3. The van der Waals surface area contributed by atoms with Crippen LogP contribution in [0.3, 0.4) is 0 Å². The topological polar surface area (TPSA) is 61.9 Å². The first-order valence-electron chi connectivity index (χ1n) is 7.58. The number of aromatic amines is 1. The quantitative estimate of drug-likeness (QED) is 0.782. The van der Waals surface area contributed by atoms with Gasteiger partial charge in [-0.05, 0) is 36.6 Å². The van der Waals surface area contributed by atoms with Gasteiger partial charge in [-0.25, -0.2) is 4.98 Å². The smallest absolute Gasteiger partial charge is 0.255 e. The zero-order valence-corrected chi connectivity index (χ0v) is 13.1. The Morgan fingerprint density at radius 2 is 2.09 bits per heavy atom. The molecule has 0 radical (unpaired) electrons. The first-order chi connectivity index (χ1) is 11.2. The van der Waals surface area contributed by atoms with Crippen LogP contribution in [0, 0.1) is 0 Å². The Bertz CT molecular complexity index is 858. The summed E-state index contributed by atoms with van der Waals surface area (Å²) in [4.78, 5) is 19.1. The predicted molar refractivity (Wildman–Crippen MR) is 88.4 cm³/mol. The minimum atomic E-state index is 0.0121. The number of carbonyl (C=O) groups excluding carboxylic acids is 1. The number of carbonyl (C=O) groups is 1. The van der Waals surface area contributed by atoms with E-state index < -0.39 is 0 Å². The summed E-state index contributed by atoms with van der Waals surface area (Å²) in [5, 5.41) is 8.29. The lowest BCUT2D eigenvalue weighted by Gasteiger charge is -2.25. The second-order valence-corrected chi connectivity index (χ2v) is 6.18. The molecule has 5 nitrogen and oxygen atoms in total. The molecule has 0 aliphatic carbocycles. The summed E-state index contributed by atoms with van der Waals surface area (Å²) in [7, 11) is 0. The van der Waals surface area contributed by atoms with Crippen molar-refractivity contribution in [3.63, 3.8) is 0 Å². The highest BCUT2D eigenvalue weighted by Crippen LogP contribution is 2.33. The number of benzene rings is 1. The number of fused-ring (bicyclic) bond motifs is 1. The Morgan fingerprint density at radius 3 is 2.91 bits per heavy atom. The van der Waals surface area contributed by atoms with Crippen LogP contribution in [-0.2, 0) is 0 Å². The maximum absolute atomic E-state index is 12.9. The summed E-state index contributed by atoms with van der Waals surface area (Å²) >= 11 is 5.96. The fraction of sp³-hybridized carbons (Fsp3) is 0.235. The molecule has 1 aliphatic heterocycles. The molecule has 0 bridgehead atoms. The normalized spacial score (nSPS) is 17.8. The Morgan fingerprint density at radius 1 is 1.26 bits per heavy atom. The largest absolute Gasteiger partial charge is 0.332 e. The lowest BCUT2D eigenvalue weighted by molar-refractivity contribution is 0.0735. The SMILES string of the molecule is O=C(c1cnc2[nH]ncc2c1)N1CCC[C@H]1c1ccc(Cl)cc1. The van der Waals surface area contributed by atoms with Crippen molar-refractivity contribution in [2.45, 2.75) is 18.9 Å². The number of nitrogens with one attached hydrogen (secondary N) is 1. The molecule has 2 aromatic heterocycles. The second-order valence-electron chi connectivity index (χ2n) is 5.74. The number of H-pyrrole nitrogens is 1. The van der Waals surface area contributed by atoms with E-state index in [9.17, 15) is 4.79 Å². The van der Waals surface area contributed by atoms with Gasteiger partial charge >= 0.3 is 0 Å². The minimum Gasteiger partial charge on any atom is -0.332 e. The summed E-state index contributed by atoms with van der Waals surface area (Å²) < 4.78 is 0. The molecule has 23 heavy (non-hydrogen) atoms. The van der Waals surface area contributed by atoms with Gasteiger partial charge in [-0.2, -0.15) is 5.10 Å². The van der Waals surface area contributed by atoms with Crippen molar-refractivity contribution < 1.29 is 4.79 Å². The highest BCUT2D eigenvalue weighted by atomic mass is 35.5. The molecule has 1 saturated heterocycles. The molecule has 6 heteroatoms. The highest BCUT2D eigenvalue weighted by Gasteiger charge is 2.30. The van der Waals surface area contributed by atoms with Crippen LogP contribution in [0.2, 0.25) is 5.02 Å². The van der Waals surface area contributed by atoms with Gasteiger partial charge in [-0.15, -0.1) is 0 Å². The van der Waals surface area contributed by atoms with Gasteiger partial charge in [0.15, 0.2) is 5.65 Å². The first-order valence-corrected chi connectivity index (χ1v) is 7.96. The van der Waals surface area contributed by atoms with Gasteiger partial charge in [0.25, 0.3) is 5.91 Å². The van der Waals surface area contributed by atoms with Crippen LogP contribution in [0.25, 0.3) is 11.0 Å². The number of pyridine rings is 1. The van der Waals surface area contributed by atoms with Crippen molar-refractivity contribution >= 4 is 28.5 Å². The van der Waals surface area contributed by atoms with Crippen LogP contribution in [-0.4, -0.2) is 32.5 Å². The van der Waals surface area contributed by atoms with Gasteiger partial charge in [0, 0.05) is 23.2 Å². The maximum atomic E-state index is 12.9. The van der Waals surface area contributed by atoms with E-state index in [1.54, 1.807) is 12.4 Å². The fourth-order valence-corrected chi connectivity index (χ4v) is 3.29. The Balaban J connectivity index is 1.64. The molecule has 1 aliphatic rings. The van der Waals surface area contributed by atoms with Crippen molar-refractivity contribution in [3.8, 4) is 0 Å². The average Bonchev–Trinajstić information content (AvgIpc) is 3.23. The average molecular weight is 327 g/mol. The molecule has 116 valence electrons. The number of amides is 1. The number of likely N-dealkylation sites (tertiary alicyclic amines) is 1. The van der Waals surface area contributed by atoms with Gasteiger partial charge in [-0.1, -0.05) is 23.7 Å². The van der Waals surface area contributed by atoms with Crippen molar-refractivity contribution in [1.82, 2.24) is 20.1 Å². The first kappa shape index (κ1) is 14.2. The lowest BCUT2D eigenvalue weighted by atomic mass is 10.0. The zero-order valence-electron chi connectivity index (χ0n) is 12.4. The van der Waals surface area contributed by atoms with Crippen molar-refractivity contribution in [1.29, 1.82) is 0 Å². The number of halogens is 1. The molecule has 1 atom stereocenters. The molecule has 0 saturated carbocycles. The van der Waals surface area contributed by atoms with Crippen molar-refractivity contribution in [3.05, 3.63) is 58.9 Å². The van der Waals surface area contributed by atoms with E-state index >= 15 is 0 Å². The van der Waals surface area contributed by atoms with Crippen LogP contribution in [0.1, 0.15) is 34.8 Å². The van der Waals surface area contributed by atoms with Crippen LogP contribution < -0.4 is 0 Å². The summed E-state index contributed by atoms with van der Waals surface area (Å²) in [6.45, 7) is 0.759. The fourth-order valence-electron chi connectivity index (χ4n) is 3.16. The van der Waals surface area contributed by atoms with Crippen LogP contribution in [0.4, 0.5) is 0 Å². The summed E-state index contributed by atoms with van der Waals surface area (Å²) in [6, 6.07) is 9.67. The zero-order chi connectivity index (χ0) is 15.8. The summed E-state index contributed by atoms with van der Waals surface area (Å²) in [5.74, 6) is 0.0121. The Labute approximate surface area is 138 Å². The molecule has 3 heterocycles. The standard InChI is InChI=1S/C17H15ClN4O/c18-14-5-3-11(4-6-14)15-2-1-7-22(15)17(23)13-8-12-10-20-21-16(12)19-9-13/h3-6,8-10,15H,1-2,7H2,(H,19,20,21)/t15-/m0/s1. The van der Waals surface area contributed by atoms with Crippen LogP contribution in [0.15, 0.2) is 42.7 Å². The van der Waals surface area contributed by atoms with Crippen LogP contribution >= 0.6 is 11.6 Å². The summed E-state index contributed by atoms with van der Waals surface area (Å²) in [5.41, 5.74) is 2.41. The molecule has 0 unspecified atom stereocenters. The molecule has 3 aromatic rings. The van der Waals surface area contributed by atoms with Gasteiger partial charge in [-0.3, -0.25) is 9.89 Å². The van der Waals surface area contributed by atoms with Gasteiger partial charge in [0.1, 0.15) is 0 Å². The van der Waals surface area contributed by atoms with Gasteiger partial charge in [0.2, 0.25) is 0 Å². The molecule has 1 amide bonds. The third-order valence-electron chi connectivity index (χ3n) is 4.31. The molecule has 4 rings (SSSR count). The molecule has 1 N–H and O–H groups in total. The van der Waals surface area contributed by atoms with E-state index in [-0.39, 0.29) is 11.9 Å². The van der Waals surface area contributed by atoms with E-state index in [0.717, 1.165) is 30.3 Å². The number of hydrogen-bond acceptors (Lipinski definition) is 3. The highest BCUT2D eigenvalue weighted by molar-refractivity contribution is 6.30. The number of rotatable bonds is 2. The van der Waals surface area contributed by atoms with Gasteiger partial charge < -0.3 is 4.90 Å².